The van der Waals surface area contributed by atoms with E-state index in [1.165, 1.54) is 0 Å². The summed E-state index contributed by atoms with van der Waals surface area (Å²) in [5, 5.41) is 0. The zero-order chi connectivity index (χ0) is 10.3. The fraction of sp³-hybridized carbons (Fsp3) is 1.00. The first-order chi connectivity index (χ1) is 5.76. The number of rotatable bonds is 0. The van der Waals surface area contributed by atoms with Gasteiger partial charge in [0.05, 0.1) is 0 Å². The predicted molar refractivity (Wildman–Crippen MR) is 57.1 cm³/mol. The van der Waals surface area contributed by atoms with Gasteiger partial charge in [-0.15, -0.1) is 11.8 Å². The Hall–Kier alpha value is 1.39. The molecule has 1 rings (SSSR count). The quantitative estimate of drug-likeness (QED) is 0.584. The normalized spacial score (nSPS) is 42.0. The summed E-state index contributed by atoms with van der Waals surface area (Å²) in [6.07, 6.45) is -4.46. The van der Waals surface area contributed by atoms with Gasteiger partial charge in [-0.2, -0.15) is 13.2 Å². The van der Waals surface area contributed by atoms with Crippen LogP contribution in [0.4, 0.5) is 13.2 Å². The van der Waals surface area contributed by atoms with Crippen molar-refractivity contribution in [2.24, 2.45) is 0 Å². The molecule has 0 amide bonds. The first kappa shape index (κ1) is 12.5. The van der Waals surface area contributed by atoms with Crippen LogP contribution >= 0.6 is 55.2 Å². The first-order valence-corrected chi connectivity index (χ1v) is 6.63. The summed E-state index contributed by atoms with van der Waals surface area (Å²) in [6, 6.07) is 0. The number of hydrogen-bond donors (Lipinski definition) is 0. The topological polar surface area (TPSA) is 0 Å². The lowest BCUT2D eigenvalue weighted by Crippen LogP contribution is -2.44. The highest BCUT2D eigenvalue weighted by Gasteiger charge is 2.57. The minimum absolute atomic E-state index is 0.0479. The molecule has 0 saturated carbocycles. The van der Waals surface area contributed by atoms with Gasteiger partial charge in [-0.3, -0.25) is 0 Å². The molecule has 3 atom stereocenters. The molecule has 0 aromatic heterocycles. The van der Waals surface area contributed by atoms with E-state index in [-0.39, 0.29) is 16.1 Å². The van der Waals surface area contributed by atoms with E-state index in [0.29, 0.717) is 5.75 Å². The van der Waals surface area contributed by atoms with Crippen molar-refractivity contribution >= 4 is 55.2 Å². The van der Waals surface area contributed by atoms with Crippen LogP contribution in [0.25, 0.3) is 0 Å². The Morgan fingerprint density at radius 3 is 2.23 bits per heavy atom. The van der Waals surface area contributed by atoms with Gasteiger partial charge in [-0.05, 0) is 6.42 Å². The molecule has 0 aromatic rings. The maximum atomic E-state index is 12.4. The Labute approximate surface area is 100 Å². The zero-order valence-electron chi connectivity index (χ0n) is 6.24. The minimum atomic E-state index is -4.35. The highest BCUT2D eigenvalue weighted by molar-refractivity contribution is 9.12. The second-order valence-electron chi connectivity index (χ2n) is 2.77. The second kappa shape index (κ2) is 4.10. The Morgan fingerprint density at radius 2 is 1.85 bits per heavy atom. The van der Waals surface area contributed by atoms with Gasteiger partial charge in [0.2, 0.25) is 0 Å². The van der Waals surface area contributed by atoms with Crippen molar-refractivity contribution in [2.75, 3.05) is 5.75 Å². The summed E-state index contributed by atoms with van der Waals surface area (Å²) in [5.74, 6) is 0.360. The van der Waals surface area contributed by atoms with E-state index in [4.69, 9.17) is 11.6 Å². The number of thioether (sulfide) groups is 1. The maximum Gasteiger partial charge on any atom is 0.416 e. The summed E-state index contributed by atoms with van der Waals surface area (Å²) in [6.45, 7) is 0. The van der Waals surface area contributed by atoms with Gasteiger partial charge in [0.25, 0.3) is 0 Å². The fourth-order valence-corrected chi connectivity index (χ4v) is 4.33. The van der Waals surface area contributed by atoms with Crippen molar-refractivity contribution in [1.29, 1.82) is 0 Å². The summed E-state index contributed by atoms with van der Waals surface area (Å²) < 4.78 is 35.2. The Kier molecular flexibility index (Phi) is 3.93. The van der Waals surface area contributed by atoms with E-state index in [0.717, 1.165) is 11.8 Å². The van der Waals surface area contributed by atoms with Crippen LogP contribution in [-0.2, 0) is 0 Å². The molecule has 13 heavy (non-hydrogen) atoms. The SMILES string of the molecule is FC(F)(F)[C@@]1(Cl)C[C@@H](Br)[C@H](Br)CS1. The molecule has 1 saturated heterocycles. The molecule has 0 spiro atoms. The van der Waals surface area contributed by atoms with E-state index in [9.17, 15) is 13.2 Å². The second-order valence-corrected chi connectivity index (χ2v) is 7.31. The largest absolute Gasteiger partial charge is 0.416 e. The van der Waals surface area contributed by atoms with Crippen molar-refractivity contribution in [2.45, 2.75) is 26.5 Å². The van der Waals surface area contributed by atoms with Crippen molar-refractivity contribution in [3.8, 4) is 0 Å². The summed E-state index contributed by atoms with van der Waals surface area (Å²) in [5.41, 5.74) is 0. The third-order valence-corrected chi connectivity index (χ3v) is 6.88. The van der Waals surface area contributed by atoms with Gasteiger partial charge in [-0.1, -0.05) is 43.5 Å². The van der Waals surface area contributed by atoms with Gasteiger partial charge in [0.15, 0.2) is 4.21 Å². The molecule has 1 aliphatic heterocycles. The number of hydrogen-bond acceptors (Lipinski definition) is 1. The Balaban J connectivity index is 2.73. The van der Waals surface area contributed by atoms with Crippen LogP contribution in [-0.4, -0.2) is 25.8 Å². The maximum absolute atomic E-state index is 12.4. The van der Waals surface area contributed by atoms with Gasteiger partial charge in [-0.25, -0.2) is 0 Å². The summed E-state index contributed by atoms with van der Waals surface area (Å²) >= 11 is 12.7. The third kappa shape index (κ3) is 2.69. The number of alkyl halides is 6. The molecule has 78 valence electrons. The minimum Gasteiger partial charge on any atom is -0.168 e. The molecule has 0 radical (unpaired) electrons. The zero-order valence-corrected chi connectivity index (χ0v) is 11.0. The highest BCUT2D eigenvalue weighted by Crippen LogP contribution is 2.53. The van der Waals surface area contributed by atoms with Crippen LogP contribution in [0.2, 0.25) is 0 Å². The summed E-state index contributed by atoms with van der Waals surface area (Å²) in [4.78, 5) is -0.181. The molecule has 1 aliphatic rings. The molecular formula is C6H6Br2ClF3S. The van der Waals surface area contributed by atoms with Crippen LogP contribution in [0, 0.1) is 0 Å². The molecule has 0 aliphatic carbocycles. The van der Waals surface area contributed by atoms with E-state index in [1.54, 1.807) is 0 Å². The molecular weight excluding hydrogens is 356 g/mol. The molecule has 1 heterocycles. The lowest BCUT2D eigenvalue weighted by molar-refractivity contribution is -0.140. The van der Waals surface area contributed by atoms with E-state index >= 15 is 0 Å². The van der Waals surface area contributed by atoms with Crippen molar-refractivity contribution < 1.29 is 13.2 Å². The average molecular weight is 362 g/mol. The average Bonchev–Trinajstić information content (AvgIpc) is 1.95. The van der Waals surface area contributed by atoms with Gasteiger partial charge >= 0.3 is 6.18 Å². The van der Waals surface area contributed by atoms with Crippen molar-refractivity contribution in [3.63, 3.8) is 0 Å². The predicted octanol–water partition coefficient (Wildman–Crippen LogP) is 4.15. The summed E-state index contributed by atoms with van der Waals surface area (Å²) in [7, 11) is 0. The molecule has 1 fully saturated rings. The fourth-order valence-electron chi connectivity index (χ4n) is 0.951. The molecule has 0 aromatic carbocycles. The van der Waals surface area contributed by atoms with Crippen molar-refractivity contribution in [1.82, 2.24) is 0 Å². The number of halogens is 6. The Morgan fingerprint density at radius 1 is 1.31 bits per heavy atom. The standard InChI is InChI=1S/C6H6Br2ClF3S/c7-3-1-5(9,6(10,11)12)13-2-4(3)8/h3-4H,1-2H2/t3-,4-,5-/m1/s1. The van der Waals surface area contributed by atoms with Crippen LogP contribution in [0.5, 0.6) is 0 Å². The van der Waals surface area contributed by atoms with Gasteiger partial charge in [0.1, 0.15) is 0 Å². The smallest absolute Gasteiger partial charge is 0.168 e. The third-order valence-electron chi connectivity index (χ3n) is 1.74. The molecule has 0 bridgehead atoms. The molecule has 0 unspecified atom stereocenters. The molecule has 0 nitrogen and oxygen atoms in total. The van der Waals surface area contributed by atoms with E-state index in [2.05, 4.69) is 31.9 Å². The lowest BCUT2D eigenvalue weighted by atomic mass is 10.2. The monoisotopic (exact) mass is 360 g/mol. The van der Waals surface area contributed by atoms with Crippen LogP contribution < -0.4 is 0 Å². The highest BCUT2D eigenvalue weighted by atomic mass is 79.9. The molecule has 7 heteroatoms. The molecule has 0 N–H and O–H groups in total. The Bertz CT molecular complexity index is 201. The van der Waals surface area contributed by atoms with Crippen LogP contribution in [0.15, 0.2) is 0 Å². The first-order valence-electron chi connectivity index (χ1n) is 3.44. The van der Waals surface area contributed by atoms with Crippen LogP contribution in [0.1, 0.15) is 6.42 Å². The van der Waals surface area contributed by atoms with Gasteiger partial charge < -0.3 is 0 Å². The van der Waals surface area contributed by atoms with E-state index < -0.39 is 10.4 Å². The van der Waals surface area contributed by atoms with Crippen LogP contribution in [0.3, 0.4) is 0 Å². The van der Waals surface area contributed by atoms with Gasteiger partial charge in [0, 0.05) is 15.4 Å². The van der Waals surface area contributed by atoms with E-state index in [1.807, 2.05) is 0 Å². The van der Waals surface area contributed by atoms with Crippen molar-refractivity contribution in [3.05, 3.63) is 0 Å². The lowest BCUT2D eigenvalue weighted by Gasteiger charge is -2.37.